The molecule has 0 fully saturated rings. The predicted octanol–water partition coefficient (Wildman–Crippen LogP) is 6.60. The van der Waals surface area contributed by atoms with E-state index in [0.29, 0.717) is 28.0 Å². The number of methoxy groups -OCH3 is 2. The Kier molecular flexibility index (Phi) is 9.32. The number of aromatic nitrogens is 2. The largest absolute Gasteiger partial charge is 0.497 e. The number of carbonyl (C=O) groups is 2. The van der Waals surface area contributed by atoms with Gasteiger partial charge in [0, 0.05) is 27.8 Å². The van der Waals surface area contributed by atoms with Gasteiger partial charge >= 0.3 is 0 Å². The number of hydrogen-bond acceptors (Lipinski definition) is 6. The molecule has 3 aromatic carbocycles. The molecule has 0 aliphatic carbocycles. The van der Waals surface area contributed by atoms with Crippen molar-refractivity contribution in [2.45, 2.75) is 38.5 Å². The molecule has 0 saturated carbocycles. The van der Waals surface area contributed by atoms with Crippen LogP contribution in [0.3, 0.4) is 0 Å². The number of fused-ring (bicyclic) bond motifs is 1. The number of nitrogens with one attached hydrogen (secondary N) is 1. The smallest absolute Gasteiger partial charge is 0.240 e. The molecule has 8 nitrogen and oxygen atoms in total. The van der Waals surface area contributed by atoms with Crippen LogP contribution < -0.4 is 19.7 Å². The summed E-state index contributed by atoms with van der Waals surface area (Å²) < 4.78 is 13.2. The highest BCUT2D eigenvalue weighted by Gasteiger charge is 2.39. The molecular weight excluding hydrogens is 584 g/mol. The van der Waals surface area contributed by atoms with Crippen molar-refractivity contribution in [2.75, 3.05) is 31.4 Å². The molecule has 1 aliphatic rings. The van der Waals surface area contributed by atoms with Crippen LogP contribution in [-0.2, 0) is 9.59 Å². The van der Waals surface area contributed by atoms with Crippen LogP contribution in [0.1, 0.15) is 42.2 Å². The number of ether oxygens (including phenoxy) is 2. The maximum Gasteiger partial charge on any atom is 0.240 e. The van der Waals surface area contributed by atoms with Gasteiger partial charge in [-0.05, 0) is 62.7 Å². The first kappa shape index (κ1) is 30.5. The normalized spacial score (nSPS) is 15.4. The van der Waals surface area contributed by atoms with E-state index in [2.05, 4.69) is 5.32 Å². The maximum absolute atomic E-state index is 14.0. The Hall–Kier alpha value is -3.95. The molecule has 43 heavy (non-hydrogen) atoms. The van der Waals surface area contributed by atoms with Crippen LogP contribution >= 0.6 is 23.4 Å². The first-order valence-corrected chi connectivity index (χ1v) is 15.6. The summed E-state index contributed by atoms with van der Waals surface area (Å²) in [5, 5.41) is 8.38. The number of rotatable bonds is 9. The Balaban J connectivity index is 1.82. The molecule has 10 heteroatoms. The molecule has 5 rings (SSSR count). The zero-order chi connectivity index (χ0) is 30.7. The highest BCUT2D eigenvalue weighted by molar-refractivity contribution is 8.00. The second kappa shape index (κ2) is 13.1. The first-order chi connectivity index (χ1) is 20.7. The van der Waals surface area contributed by atoms with Crippen molar-refractivity contribution in [2.24, 2.45) is 0 Å². The molecule has 0 saturated heterocycles. The zero-order valence-corrected chi connectivity index (χ0v) is 26.5. The average Bonchev–Trinajstić information content (AvgIpc) is 3.33. The highest BCUT2D eigenvalue weighted by atomic mass is 35.5. The van der Waals surface area contributed by atoms with E-state index in [9.17, 15) is 9.59 Å². The number of hydrogen-bond donors (Lipinski definition) is 1. The van der Waals surface area contributed by atoms with Gasteiger partial charge < -0.3 is 14.8 Å². The Morgan fingerprint density at radius 3 is 2.47 bits per heavy atom. The van der Waals surface area contributed by atoms with Crippen molar-refractivity contribution in [3.8, 4) is 28.4 Å². The molecule has 0 bridgehead atoms. The number of anilines is 1. The monoisotopic (exact) mass is 618 g/mol. The second-order valence-corrected chi connectivity index (χ2v) is 12.0. The fraction of sp³-hybridized carbons (Fsp3) is 0.303. The number of benzene rings is 3. The third-order valence-electron chi connectivity index (χ3n) is 7.53. The Morgan fingerprint density at radius 2 is 1.81 bits per heavy atom. The number of thioether (sulfide) groups is 1. The van der Waals surface area contributed by atoms with Crippen LogP contribution in [0.2, 0.25) is 5.02 Å². The van der Waals surface area contributed by atoms with Crippen LogP contribution in [-0.4, -0.2) is 54.2 Å². The van der Waals surface area contributed by atoms with Crippen LogP contribution in [0.15, 0.2) is 66.7 Å². The summed E-state index contributed by atoms with van der Waals surface area (Å²) in [5.74, 6) is 1.58. The molecule has 0 radical (unpaired) electrons. The van der Waals surface area contributed by atoms with Gasteiger partial charge in [-0.15, -0.1) is 11.8 Å². The quantitative estimate of drug-likeness (QED) is 0.227. The molecule has 0 spiro atoms. The fourth-order valence-corrected chi connectivity index (χ4v) is 6.40. The summed E-state index contributed by atoms with van der Waals surface area (Å²) in [7, 11) is 3.24. The summed E-state index contributed by atoms with van der Waals surface area (Å²) in [6.07, 6.45) is 0.778. The molecule has 1 aliphatic heterocycles. The maximum atomic E-state index is 14.0. The lowest BCUT2D eigenvalue weighted by molar-refractivity contribution is -0.123. The van der Waals surface area contributed by atoms with E-state index >= 15 is 0 Å². The van der Waals surface area contributed by atoms with Gasteiger partial charge in [-0.25, -0.2) is 4.68 Å². The zero-order valence-electron chi connectivity index (χ0n) is 24.9. The van der Waals surface area contributed by atoms with Crippen LogP contribution in [0.4, 0.5) is 5.82 Å². The van der Waals surface area contributed by atoms with Gasteiger partial charge in [0.25, 0.3) is 0 Å². The van der Waals surface area contributed by atoms with E-state index in [1.807, 2.05) is 87.5 Å². The number of nitrogens with zero attached hydrogens (tertiary/aromatic N) is 3. The van der Waals surface area contributed by atoms with Gasteiger partial charge in [-0.1, -0.05) is 48.4 Å². The SMILES string of the molecule is CC[C@H](C)NC(=O)CN1C(=O)CS[C@@H](c2cc(OC)ccc2OC)c2c(-c3ccc(Cl)cc3)nn(-c3ccc(C)cc3)c21. The van der Waals surface area contributed by atoms with Crippen LogP contribution in [0.5, 0.6) is 11.5 Å². The molecule has 2 heterocycles. The third-order valence-corrected chi connectivity index (χ3v) is 9.01. The highest BCUT2D eigenvalue weighted by Crippen LogP contribution is 2.51. The summed E-state index contributed by atoms with van der Waals surface area (Å²) in [6.45, 7) is 5.83. The molecule has 0 unspecified atom stereocenters. The summed E-state index contributed by atoms with van der Waals surface area (Å²) in [5.41, 5.74) is 5.00. The van der Waals surface area contributed by atoms with E-state index in [1.165, 1.54) is 11.8 Å². The fourth-order valence-electron chi connectivity index (χ4n) is 5.06. The van der Waals surface area contributed by atoms with E-state index in [-0.39, 0.29) is 35.4 Å². The lowest BCUT2D eigenvalue weighted by atomic mass is 9.98. The van der Waals surface area contributed by atoms with E-state index in [4.69, 9.17) is 26.2 Å². The number of aryl methyl sites for hydroxylation is 1. The number of carbonyl (C=O) groups excluding carboxylic acids is 2. The molecule has 4 aromatic rings. The van der Waals surface area contributed by atoms with Gasteiger partial charge in [-0.3, -0.25) is 14.5 Å². The lowest BCUT2D eigenvalue weighted by Gasteiger charge is -2.24. The van der Waals surface area contributed by atoms with Gasteiger partial charge in [0.05, 0.1) is 36.6 Å². The molecule has 2 amide bonds. The van der Waals surface area contributed by atoms with Crippen molar-refractivity contribution in [3.63, 3.8) is 0 Å². The minimum atomic E-state index is -0.378. The van der Waals surface area contributed by atoms with Gasteiger partial charge in [0.1, 0.15) is 23.9 Å². The predicted molar refractivity (Wildman–Crippen MR) is 173 cm³/mol. The minimum Gasteiger partial charge on any atom is -0.497 e. The standard InChI is InChI=1S/C33H35ClN4O4S/c1-6-21(3)35-28(39)18-37-29(40)19-43-32(26-17-25(41-4)15-16-27(26)42-5)30-31(22-9-11-23(34)12-10-22)36-38(33(30)37)24-13-7-20(2)8-14-24/h7-17,21,32H,6,18-19H2,1-5H3,(H,35,39)/t21-,32-/m0/s1. The molecule has 1 aromatic heterocycles. The van der Waals surface area contributed by atoms with Crippen molar-refractivity contribution in [1.29, 1.82) is 0 Å². The molecule has 2 atom stereocenters. The summed E-state index contributed by atoms with van der Waals surface area (Å²) in [6, 6.07) is 21.0. The second-order valence-electron chi connectivity index (χ2n) is 10.5. The van der Waals surface area contributed by atoms with Gasteiger partial charge in [0.15, 0.2) is 0 Å². The van der Waals surface area contributed by atoms with E-state index in [0.717, 1.165) is 34.4 Å². The average molecular weight is 619 g/mol. The van der Waals surface area contributed by atoms with Crippen LogP contribution in [0, 0.1) is 6.92 Å². The van der Waals surface area contributed by atoms with Crippen molar-refractivity contribution in [3.05, 3.63) is 88.4 Å². The molecule has 224 valence electrons. The number of halogens is 1. The Bertz CT molecular complexity index is 1620. The molecular formula is C33H35ClN4O4S. The third kappa shape index (κ3) is 6.38. The van der Waals surface area contributed by atoms with E-state index < -0.39 is 0 Å². The van der Waals surface area contributed by atoms with Crippen molar-refractivity contribution in [1.82, 2.24) is 15.1 Å². The van der Waals surface area contributed by atoms with Gasteiger partial charge in [0.2, 0.25) is 11.8 Å². The molecule has 1 N–H and O–H groups in total. The summed E-state index contributed by atoms with van der Waals surface area (Å²) in [4.78, 5) is 28.8. The minimum absolute atomic E-state index is 0.0242. The topological polar surface area (TPSA) is 85.7 Å². The number of amides is 2. The Labute approximate surface area is 261 Å². The lowest BCUT2D eigenvalue weighted by Crippen LogP contribution is -2.44. The van der Waals surface area contributed by atoms with Crippen molar-refractivity contribution >= 4 is 41.0 Å². The summed E-state index contributed by atoms with van der Waals surface area (Å²) >= 11 is 7.75. The van der Waals surface area contributed by atoms with Gasteiger partial charge in [-0.2, -0.15) is 5.10 Å². The van der Waals surface area contributed by atoms with Crippen LogP contribution in [0.25, 0.3) is 16.9 Å². The van der Waals surface area contributed by atoms with Crippen molar-refractivity contribution < 1.29 is 19.1 Å². The first-order valence-electron chi connectivity index (χ1n) is 14.1. The Morgan fingerprint density at radius 1 is 1.09 bits per heavy atom. The van der Waals surface area contributed by atoms with E-state index in [1.54, 1.807) is 23.8 Å².